The van der Waals surface area contributed by atoms with Crippen molar-refractivity contribution in [2.24, 2.45) is 5.92 Å². The van der Waals surface area contributed by atoms with Crippen molar-refractivity contribution in [1.82, 2.24) is 0 Å². The highest BCUT2D eigenvalue weighted by Crippen LogP contribution is 2.29. The van der Waals surface area contributed by atoms with Gasteiger partial charge in [0.15, 0.2) is 0 Å². The second-order valence-corrected chi connectivity index (χ2v) is 3.93. The molecule has 1 aromatic rings. The summed E-state index contributed by atoms with van der Waals surface area (Å²) in [6.45, 7) is 2.24. The highest BCUT2D eigenvalue weighted by molar-refractivity contribution is 5.44. The van der Waals surface area contributed by atoms with Gasteiger partial charge in [0.2, 0.25) is 0 Å². The minimum Gasteiger partial charge on any atom is -0.382 e. The Labute approximate surface area is 78.0 Å². The van der Waals surface area contributed by atoms with E-state index in [1.807, 2.05) is 6.07 Å². The van der Waals surface area contributed by atoms with Crippen LogP contribution in [-0.4, -0.2) is 6.04 Å². The number of halogens is 1. The standard InChI is InChI=1S/C11H14FN/c1-8-5-11(6-8)13-10-4-2-3-9(12)7-10/h2-4,7-8,11,13H,5-6H2,1H3. The summed E-state index contributed by atoms with van der Waals surface area (Å²) in [5.41, 5.74) is 0.900. The molecule has 1 saturated carbocycles. The van der Waals surface area contributed by atoms with Crippen molar-refractivity contribution < 1.29 is 4.39 Å². The molecule has 1 aliphatic carbocycles. The lowest BCUT2D eigenvalue weighted by molar-refractivity contribution is 0.309. The molecule has 0 heterocycles. The molecular formula is C11H14FN. The summed E-state index contributed by atoms with van der Waals surface area (Å²) in [5.74, 6) is 0.656. The molecule has 1 N–H and O–H groups in total. The zero-order valence-electron chi connectivity index (χ0n) is 7.76. The van der Waals surface area contributed by atoms with Crippen LogP contribution in [0.1, 0.15) is 19.8 Å². The summed E-state index contributed by atoms with van der Waals surface area (Å²) < 4.78 is 12.8. The summed E-state index contributed by atoms with van der Waals surface area (Å²) in [6, 6.07) is 7.21. The molecule has 0 unspecified atom stereocenters. The fourth-order valence-electron chi connectivity index (χ4n) is 1.83. The second kappa shape index (κ2) is 3.36. The Bertz CT molecular complexity index is 292. The number of anilines is 1. The van der Waals surface area contributed by atoms with E-state index in [4.69, 9.17) is 0 Å². The third-order valence-corrected chi connectivity index (χ3v) is 2.57. The molecule has 0 radical (unpaired) electrons. The van der Waals surface area contributed by atoms with E-state index in [0.717, 1.165) is 11.6 Å². The van der Waals surface area contributed by atoms with E-state index >= 15 is 0 Å². The lowest BCUT2D eigenvalue weighted by Gasteiger charge is -2.34. The Balaban J connectivity index is 1.94. The topological polar surface area (TPSA) is 12.0 Å². The van der Waals surface area contributed by atoms with E-state index in [1.165, 1.54) is 18.9 Å². The van der Waals surface area contributed by atoms with Crippen LogP contribution in [-0.2, 0) is 0 Å². The van der Waals surface area contributed by atoms with Gasteiger partial charge in [-0.3, -0.25) is 0 Å². The Hall–Kier alpha value is -1.05. The Morgan fingerprint density at radius 2 is 2.15 bits per heavy atom. The van der Waals surface area contributed by atoms with Gasteiger partial charge < -0.3 is 5.32 Å². The highest BCUT2D eigenvalue weighted by atomic mass is 19.1. The Morgan fingerprint density at radius 1 is 1.38 bits per heavy atom. The van der Waals surface area contributed by atoms with Crippen molar-refractivity contribution >= 4 is 5.69 Å². The molecule has 1 fully saturated rings. The van der Waals surface area contributed by atoms with Crippen molar-refractivity contribution in [3.63, 3.8) is 0 Å². The first-order valence-electron chi connectivity index (χ1n) is 4.76. The van der Waals surface area contributed by atoms with Gasteiger partial charge in [0, 0.05) is 11.7 Å². The van der Waals surface area contributed by atoms with Crippen LogP contribution in [0.5, 0.6) is 0 Å². The molecule has 1 aromatic carbocycles. The Morgan fingerprint density at radius 3 is 2.77 bits per heavy atom. The van der Waals surface area contributed by atoms with Crippen LogP contribution in [0, 0.1) is 11.7 Å². The summed E-state index contributed by atoms with van der Waals surface area (Å²) in [4.78, 5) is 0. The molecule has 0 spiro atoms. The molecule has 70 valence electrons. The average molecular weight is 179 g/mol. The van der Waals surface area contributed by atoms with E-state index in [2.05, 4.69) is 12.2 Å². The smallest absolute Gasteiger partial charge is 0.125 e. The van der Waals surface area contributed by atoms with Gasteiger partial charge in [-0.25, -0.2) is 4.39 Å². The van der Waals surface area contributed by atoms with E-state index in [9.17, 15) is 4.39 Å². The number of rotatable bonds is 2. The van der Waals surface area contributed by atoms with Crippen molar-refractivity contribution in [3.8, 4) is 0 Å². The molecule has 1 nitrogen and oxygen atoms in total. The van der Waals surface area contributed by atoms with Crippen LogP contribution in [0.25, 0.3) is 0 Å². The molecule has 13 heavy (non-hydrogen) atoms. The van der Waals surface area contributed by atoms with Gasteiger partial charge in [-0.1, -0.05) is 13.0 Å². The largest absolute Gasteiger partial charge is 0.382 e. The molecule has 2 heteroatoms. The first kappa shape index (κ1) is 8.54. The number of nitrogens with one attached hydrogen (secondary N) is 1. The highest BCUT2D eigenvalue weighted by Gasteiger charge is 2.24. The summed E-state index contributed by atoms with van der Waals surface area (Å²) >= 11 is 0. The van der Waals surface area contributed by atoms with Crippen molar-refractivity contribution in [2.45, 2.75) is 25.8 Å². The fourth-order valence-corrected chi connectivity index (χ4v) is 1.83. The maximum atomic E-state index is 12.8. The van der Waals surface area contributed by atoms with Crippen LogP contribution < -0.4 is 5.32 Å². The van der Waals surface area contributed by atoms with E-state index in [0.29, 0.717) is 6.04 Å². The Kier molecular flexibility index (Phi) is 2.21. The van der Waals surface area contributed by atoms with Crippen LogP contribution in [0.3, 0.4) is 0 Å². The van der Waals surface area contributed by atoms with Gasteiger partial charge in [-0.15, -0.1) is 0 Å². The zero-order valence-corrected chi connectivity index (χ0v) is 7.76. The predicted molar refractivity (Wildman–Crippen MR) is 52.2 cm³/mol. The molecule has 1 aliphatic rings. The van der Waals surface area contributed by atoms with Crippen LogP contribution >= 0.6 is 0 Å². The molecule has 2 rings (SSSR count). The van der Waals surface area contributed by atoms with Gasteiger partial charge in [-0.05, 0) is 37.0 Å². The van der Waals surface area contributed by atoms with Gasteiger partial charge in [0.05, 0.1) is 0 Å². The van der Waals surface area contributed by atoms with E-state index in [1.54, 1.807) is 12.1 Å². The van der Waals surface area contributed by atoms with Gasteiger partial charge in [-0.2, -0.15) is 0 Å². The molecular weight excluding hydrogens is 165 g/mol. The number of hydrogen-bond donors (Lipinski definition) is 1. The number of hydrogen-bond acceptors (Lipinski definition) is 1. The van der Waals surface area contributed by atoms with Crippen LogP contribution in [0.2, 0.25) is 0 Å². The maximum Gasteiger partial charge on any atom is 0.125 e. The van der Waals surface area contributed by atoms with Crippen LogP contribution in [0.4, 0.5) is 10.1 Å². The zero-order chi connectivity index (χ0) is 9.26. The van der Waals surface area contributed by atoms with Crippen LogP contribution in [0.15, 0.2) is 24.3 Å². The summed E-state index contributed by atoms with van der Waals surface area (Å²) in [5, 5.41) is 3.31. The summed E-state index contributed by atoms with van der Waals surface area (Å²) in [6.07, 6.45) is 2.41. The minimum atomic E-state index is -0.169. The molecule has 0 aliphatic heterocycles. The van der Waals surface area contributed by atoms with Crippen molar-refractivity contribution in [3.05, 3.63) is 30.1 Å². The number of benzene rings is 1. The van der Waals surface area contributed by atoms with E-state index < -0.39 is 0 Å². The van der Waals surface area contributed by atoms with E-state index in [-0.39, 0.29) is 5.82 Å². The predicted octanol–water partition coefficient (Wildman–Crippen LogP) is 3.04. The summed E-state index contributed by atoms with van der Waals surface area (Å²) in [7, 11) is 0. The SMILES string of the molecule is CC1CC(Nc2cccc(F)c2)C1. The average Bonchev–Trinajstić information content (AvgIpc) is 2.01. The van der Waals surface area contributed by atoms with Gasteiger partial charge >= 0.3 is 0 Å². The lowest BCUT2D eigenvalue weighted by atomic mass is 9.82. The first-order chi connectivity index (χ1) is 6.24. The normalized spacial score (nSPS) is 26.6. The molecule has 0 amide bonds. The third-order valence-electron chi connectivity index (χ3n) is 2.57. The maximum absolute atomic E-state index is 12.8. The first-order valence-corrected chi connectivity index (χ1v) is 4.76. The molecule has 0 atom stereocenters. The van der Waals surface area contributed by atoms with Gasteiger partial charge in [0.1, 0.15) is 5.82 Å². The van der Waals surface area contributed by atoms with Gasteiger partial charge in [0.25, 0.3) is 0 Å². The minimum absolute atomic E-state index is 0.169. The molecule has 0 aromatic heterocycles. The third kappa shape index (κ3) is 2.00. The van der Waals surface area contributed by atoms with Crippen molar-refractivity contribution in [1.29, 1.82) is 0 Å². The van der Waals surface area contributed by atoms with Crippen molar-refractivity contribution in [2.75, 3.05) is 5.32 Å². The molecule has 0 saturated heterocycles. The lowest BCUT2D eigenvalue weighted by Crippen LogP contribution is -2.33. The second-order valence-electron chi connectivity index (χ2n) is 3.93. The molecule has 0 bridgehead atoms. The fraction of sp³-hybridized carbons (Fsp3) is 0.455. The quantitative estimate of drug-likeness (QED) is 0.735. The monoisotopic (exact) mass is 179 g/mol.